The zero-order valence-electron chi connectivity index (χ0n) is 18.0. The van der Waals surface area contributed by atoms with E-state index in [9.17, 15) is 4.79 Å². The highest BCUT2D eigenvalue weighted by molar-refractivity contribution is 5.90. The topological polar surface area (TPSA) is 69.9 Å². The first-order chi connectivity index (χ1) is 13.2. The number of hydroxylamine groups is 1. The highest BCUT2D eigenvalue weighted by Gasteiger charge is 2.25. The van der Waals surface area contributed by atoms with Gasteiger partial charge >= 0.3 is 0 Å². The summed E-state index contributed by atoms with van der Waals surface area (Å²) in [4.78, 5) is 18.6. The second-order valence-corrected chi connectivity index (χ2v) is 8.50. The molecule has 0 saturated carbocycles. The van der Waals surface area contributed by atoms with Gasteiger partial charge in [0.1, 0.15) is 5.65 Å². The number of rotatable bonds is 8. The minimum Gasteiger partial charge on any atom is -0.302 e. The summed E-state index contributed by atoms with van der Waals surface area (Å²) in [5.41, 5.74) is 5.58. The van der Waals surface area contributed by atoms with Crippen LogP contribution in [0.1, 0.15) is 64.9 Å². The molecule has 2 heterocycles. The van der Waals surface area contributed by atoms with E-state index in [1.54, 1.807) is 11.6 Å². The third-order valence-corrected chi connectivity index (χ3v) is 5.08. The molecule has 2 N–H and O–H groups in total. The van der Waals surface area contributed by atoms with Crippen molar-refractivity contribution in [3.05, 3.63) is 41.4 Å². The molecular formula is C22H34N4O2. The van der Waals surface area contributed by atoms with Gasteiger partial charge in [-0.15, -0.1) is 0 Å². The van der Waals surface area contributed by atoms with Crippen molar-refractivity contribution in [1.29, 1.82) is 0 Å². The summed E-state index contributed by atoms with van der Waals surface area (Å²) in [6, 6.07) is 3.92. The van der Waals surface area contributed by atoms with Gasteiger partial charge in [0.2, 0.25) is 0 Å². The molecule has 0 bridgehead atoms. The van der Waals surface area contributed by atoms with Crippen LogP contribution in [0.4, 0.5) is 0 Å². The van der Waals surface area contributed by atoms with Crippen molar-refractivity contribution in [3.8, 4) is 0 Å². The number of fused-ring (bicyclic) bond motifs is 1. The molecular weight excluding hydrogens is 352 g/mol. The molecule has 0 radical (unpaired) electrons. The molecule has 1 atom stereocenters. The van der Waals surface area contributed by atoms with E-state index in [1.807, 2.05) is 18.3 Å². The molecule has 2 aromatic rings. The number of nitrogens with zero attached hydrogens (tertiary/aromatic N) is 3. The predicted octanol–water partition coefficient (Wildman–Crippen LogP) is 4.02. The Morgan fingerprint density at radius 3 is 2.68 bits per heavy atom. The van der Waals surface area contributed by atoms with Crippen molar-refractivity contribution in [2.45, 2.75) is 59.9 Å². The summed E-state index contributed by atoms with van der Waals surface area (Å²) in [7, 11) is 0. The van der Waals surface area contributed by atoms with E-state index in [2.05, 4.69) is 50.8 Å². The van der Waals surface area contributed by atoms with Crippen molar-refractivity contribution in [1.82, 2.24) is 19.8 Å². The first-order valence-corrected chi connectivity index (χ1v) is 10.1. The molecule has 1 unspecified atom stereocenters. The largest absolute Gasteiger partial charge is 0.302 e. The van der Waals surface area contributed by atoms with Gasteiger partial charge in [-0.2, -0.15) is 0 Å². The summed E-state index contributed by atoms with van der Waals surface area (Å²) in [5, 5.41) is 8.63. The fourth-order valence-electron chi connectivity index (χ4n) is 3.26. The van der Waals surface area contributed by atoms with E-state index in [0.717, 1.165) is 36.5 Å². The molecule has 0 fully saturated rings. The van der Waals surface area contributed by atoms with Crippen LogP contribution in [0.25, 0.3) is 11.7 Å². The summed E-state index contributed by atoms with van der Waals surface area (Å²) in [6.45, 7) is 16.2. The number of amides is 1. The van der Waals surface area contributed by atoms with Gasteiger partial charge in [-0.25, -0.2) is 10.5 Å². The Kier molecular flexibility index (Phi) is 7.38. The first-order valence-electron chi connectivity index (χ1n) is 10.1. The molecule has 6 nitrogen and oxygen atoms in total. The number of hydrogen-bond donors (Lipinski definition) is 2. The number of hydrogen-bond acceptors (Lipinski definition) is 4. The van der Waals surface area contributed by atoms with Crippen molar-refractivity contribution in [2.24, 2.45) is 5.92 Å². The van der Waals surface area contributed by atoms with E-state index >= 15 is 0 Å². The molecule has 6 heteroatoms. The van der Waals surface area contributed by atoms with Gasteiger partial charge in [0, 0.05) is 30.8 Å². The van der Waals surface area contributed by atoms with E-state index < -0.39 is 5.91 Å². The van der Waals surface area contributed by atoms with Crippen molar-refractivity contribution >= 4 is 17.6 Å². The van der Waals surface area contributed by atoms with Crippen LogP contribution in [0.5, 0.6) is 0 Å². The van der Waals surface area contributed by atoms with Crippen LogP contribution in [0.3, 0.4) is 0 Å². The van der Waals surface area contributed by atoms with Crippen LogP contribution >= 0.6 is 0 Å². The molecule has 0 aliphatic heterocycles. The van der Waals surface area contributed by atoms with E-state index in [1.165, 1.54) is 18.2 Å². The standard InChI is InChI=1S/C22H34N4O2/c1-7-16(3)14-25(8-2)15-18-21(22(4,5)6)23-19-13-17(11-12-26(18)19)9-10-20(27)24-28/h9-13,16,28H,7-8,14-15H2,1-6H3,(H,24,27). The molecule has 0 spiro atoms. The van der Waals surface area contributed by atoms with Gasteiger partial charge in [-0.3, -0.25) is 14.9 Å². The van der Waals surface area contributed by atoms with Crippen LogP contribution in [-0.2, 0) is 16.8 Å². The maximum atomic E-state index is 11.2. The van der Waals surface area contributed by atoms with Crippen LogP contribution in [0.15, 0.2) is 24.4 Å². The highest BCUT2D eigenvalue weighted by atomic mass is 16.5. The van der Waals surface area contributed by atoms with Crippen molar-refractivity contribution in [3.63, 3.8) is 0 Å². The van der Waals surface area contributed by atoms with Crippen LogP contribution in [-0.4, -0.2) is 38.5 Å². The van der Waals surface area contributed by atoms with Crippen molar-refractivity contribution in [2.75, 3.05) is 13.1 Å². The molecule has 0 aromatic carbocycles. The second kappa shape index (κ2) is 9.34. The Balaban J connectivity index is 2.44. The van der Waals surface area contributed by atoms with E-state index in [-0.39, 0.29) is 5.41 Å². The number of carbonyl (C=O) groups is 1. The van der Waals surface area contributed by atoms with Crippen LogP contribution < -0.4 is 5.48 Å². The van der Waals surface area contributed by atoms with Gasteiger partial charge < -0.3 is 4.40 Å². The lowest BCUT2D eigenvalue weighted by atomic mass is 9.90. The molecule has 28 heavy (non-hydrogen) atoms. The summed E-state index contributed by atoms with van der Waals surface area (Å²) in [5.74, 6) is 0.106. The molecule has 1 amide bonds. The molecule has 154 valence electrons. The minimum absolute atomic E-state index is 0.0656. The lowest BCUT2D eigenvalue weighted by molar-refractivity contribution is -0.124. The molecule has 0 saturated heterocycles. The number of nitrogens with one attached hydrogen (secondary N) is 1. The lowest BCUT2D eigenvalue weighted by Gasteiger charge is -2.26. The Morgan fingerprint density at radius 1 is 1.39 bits per heavy atom. The zero-order chi connectivity index (χ0) is 20.9. The van der Waals surface area contributed by atoms with E-state index in [4.69, 9.17) is 10.2 Å². The maximum Gasteiger partial charge on any atom is 0.267 e. The average molecular weight is 387 g/mol. The average Bonchev–Trinajstić information content (AvgIpc) is 3.03. The predicted molar refractivity (Wildman–Crippen MR) is 113 cm³/mol. The number of aromatic nitrogens is 2. The van der Waals surface area contributed by atoms with Gasteiger partial charge in [0.15, 0.2) is 0 Å². The Hall–Kier alpha value is -2.18. The fraction of sp³-hybridized carbons (Fsp3) is 0.545. The van der Waals surface area contributed by atoms with Crippen molar-refractivity contribution < 1.29 is 10.0 Å². The number of pyridine rings is 1. The van der Waals surface area contributed by atoms with E-state index in [0.29, 0.717) is 5.92 Å². The van der Waals surface area contributed by atoms with Gasteiger partial charge in [0.05, 0.1) is 11.4 Å². The maximum absolute atomic E-state index is 11.2. The highest BCUT2D eigenvalue weighted by Crippen LogP contribution is 2.28. The summed E-state index contributed by atoms with van der Waals surface area (Å²) >= 11 is 0. The number of imidazole rings is 1. The first kappa shape index (κ1) is 22.1. The number of carbonyl (C=O) groups excluding carboxylic acids is 1. The molecule has 0 aliphatic carbocycles. The fourth-order valence-corrected chi connectivity index (χ4v) is 3.26. The van der Waals surface area contributed by atoms with Gasteiger partial charge in [0.25, 0.3) is 5.91 Å². The lowest BCUT2D eigenvalue weighted by Crippen LogP contribution is -2.29. The third kappa shape index (κ3) is 5.42. The second-order valence-electron chi connectivity index (χ2n) is 8.50. The smallest absolute Gasteiger partial charge is 0.267 e. The Labute approximate surface area is 168 Å². The summed E-state index contributed by atoms with van der Waals surface area (Å²) < 4.78 is 2.16. The van der Waals surface area contributed by atoms with Gasteiger partial charge in [-0.1, -0.05) is 48.0 Å². The SMILES string of the molecule is CCC(C)CN(CC)Cc1c(C(C)(C)C)nc2cc(C=CC(=O)NO)ccn12. The zero-order valence-corrected chi connectivity index (χ0v) is 18.0. The third-order valence-electron chi connectivity index (χ3n) is 5.08. The minimum atomic E-state index is -0.553. The quantitative estimate of drug-likeness (QED) is 0.408. The molecule has 0 aliphatic rings. The van der Waals surface area contributed by atoms with Crippen LogP contribution in [0, 0.1) is 5.92 Å². The van der Waals surface area contributed by atoms with Gasteiger partial charge in [-0.05, 0) is 36.2 Å². The monoisotopic (exact) mass is 386 g/mol. The normalized spacial score (nSPS) is 13.6. The van der Waals surface area contributed by atoms with Crippen LogP contribution in [0.2, 0.25) is 0 Å². The molecule has 2 rings (SSSR count). The Morgan fingerprint density at radius 2 is 2.11 bits per heavy atom. The Bertz CT molecular complexity index is 833. The molecule has 2 aromatic heterocycles. The summed E-state index contributed by atoms with van der Waals surface area (Å²) in [6.07, 6.45) is 6.15.